The molecule has 0 amide bonds. The number of carbonyl (C=O) groups is 1. The van der Waals surface area contributed by atoms with Gasteiger partial charge >= 0.3 is 17.2 Å². The normalized spacial score (nSPS) is 16.2. The standard InChI is InChI=1S/C16H15ClF3N2O9/c1-8-3-10(17)4-9-5-12(14(16(18,19)20)31-13(8)9)15(23)30-11(6-28-21(24)25)7-29-22(26)27-2/h3-5,11,14H,6-7H2,1-2H3/q+1. The maximum absolute atomic E-state index is 13.5. The summed E-state index contributed by atoms with van der Waals surface area (Å²) in [7, 11) is 0.935. The number of hydrogen-bond donors (Lipinski definition) is 0. The molecule has 2 unspecified atom stereocenters. The second-order valence-corrected chi connectivity index (χ2v) is 6.47. The molecule has 1 heterocycles. The molecule has 0 radical (unpaired) electrons. The molecule has 2 rings (SSSR count). The first-order valence-corrected chi connectivity index (χ1v) is 8.67. The van der Waals surface area contributed by atoms with Gasteiger partial charge in [0.25, 0.3) is 5.09 Å². The van der Waals surface area contributed by atoms with Gasteiger partial charge in [-0.2, -0.15) is 22.8 Å². The first-order valence-electron chi connectivity index (χ1n) is 8.30. The van der Waals surface area contributed by atoms with E-state index in [4.69, 9.17) is 21.1 Å². The number of carbonyl (C=O) groups excluding carboxylic acids is 1. The molecule has 1 aliphatic rings. The van der Waals surface area contributed by atoms with Gasteiger partial charge in [0.2, 0.25) is 12.7 Å². The highest BCUT2D eigenvalue weighted by Gasteiger charge is 2.49. The average molecular weight is 472 g/mol. The van der Waals surface area contributed by atoms with Gasteiger partial charge in [0, 0.05) is 10.6 Å². The summed E-state index contributed by atoms with van der Waals surface area (Å²) in [5.74, 6) is -1.65. The van der Waals surface area contributed by atoms with Crippen molar-refractivity contribution in [1.82, 2.24) is 0 Å². The lowest BCUT2D eigenvalue weighted by Gasteiger charge is -2.29. The van der Waals surface area contributed by atoms with Gasteiger partial charge in [-0.25, -0.2) is 4.79 Å². The summed E-state index contributed by atoms with van der Waals surface area (Å²) in [6.07, 6.45) is -8.43. The van der Waals surface area contributed by atoms with Crippen LogP contribution in [0.25, 0.3) is 6.08 Å². The zero-order chi connectivity index (χ0) is 23.3. The molecule has 31 heavy (non-hydrogen) atoms. The molecule has 0 N–H and O–H groups in total. The lowest BCUT2D eigenvalue weighted by molar-refractivity contribution is -0.977. The number of rotatable bonds is 9. The van der Waals surface area contributed by atoms with Crippen LogP contribution in [0, 0.1) is 21.9 Å². The minimum atomic E-state index is -5.00. The minimum Gasteiger partial charge on any atom is -0.475 e. The van der Waals surface area contributed by atoms with Gasteiger partial charge in [-0.05, 0) is 30.7 Å². The molecule has 0 saturated carbocycles. The molecular formula is C16H15ClF3N2O9+. The summed E-state index contributed by atoms with van der Waals surface area (Å²) >= 11 is 5.91. The lowest BCUT2D eigenvalue weighted by Crippen LogP contribution is -2.42. The molecule has 0 aliphatic carbocycles. The zero-order valence-electron chi connectivity index (χ0n) is 15.9. The molecule has 0 spiro atoms. The molecule has 0 fully saturated rings. The predicted molar refractivity (Wildman–Crippen MR) is 94.1 cm³/mol. The van der Waals surface area contributed by atoms with E-state index in [1.807, 2.05) is 0 Å². The maximum atomic E-state index is 13.5. The summed E-state index contributed by atoms with van der Waals surface area (Å²) in [6, 6.07) is 2.67. The van der Waals surface area contributed by atoms with Gasteiger partial charge in [0.05, 0.1) is 5.57 Å². The molecule has 0 saturated heterocycles. The Labute approximate surface area is 176 Å². The third kappa shape index (κ3) is 6.34. The van der Waals surface area contributed by atoms with Crippen LogP contribution in [0.1, 0.15) is 11.1 Å². The van der Waals surface area contributed by atoms with E-state index in [9.17, 15) is 33.0 Å². The van der Waals surface area contributed by atoms with E-state index in [-0.39, 0.29) is 16.3 Å². The van der Waals surface area contributed by atoms with Crippen LogP contribution in [-0.4, -0.2) is 54.9 Å². The summed E-state index contributed by atoms with van der Waals surface area (Å²) in [5, 5.41) is 8.94. The third-order valence-corrected chi connectivity index (χ3v) is 4.00. The van der Waals surface area contributed by atoms with Gasteiger partial charge in [-0.1, -0.05) is 11.6 Å². The van der Waals surface area contributed by atoms with E-state index in [0.717, 1.165) is 13.2 Å². The van der Waals surface area contributed by atoms with Gasteiger partial charge in [0.1, 0.15) is 17.3 Å². The van der Waals surface area contributed by atoms with E-state index in [0.29, 0.717) is 5.56 Å². The fourth-order valence-corrected chi connectivity index (χ4v) is 2.82. The zero-order valence-corrected chi connectivity index (χ0v) is 16.6. The number of esters is 1. The van der Waals surface area contributed by atoms with Gasteiger partial charge in [-0.15, -0.1) is 10.1 Å². The number of nitrogens with zero attached hydrogens (tertiary/aromatic N) is 2. The number of ether oxygens (including phenoxy) is 2. The van der Waals surface area contributed by atoms with Crippen LogP contribution in [-0.2, 0) is 24.0 Å². The van der Waals surface area contributed by atoms with Gasteiger partial charge in [-0.3, -0.25) is 0 Å². The van der Waals surface area contributed by atoms with Gasteiger partial charge < -0.3 is 14.3 Å². The Morgan fingerprint density at radius 1 is 1.29 bits per heavy atom. The number of halogens is 4. The summed E-state index contributed by atoms with van der Waals surface area (Å²) < 4.78 is 50.5. The lowest BCUT2D eigenvalue weighted by atomic mass is 9.99. The number of hydrogen-bond acceptors (Lipinski definition) is 9. The largest absolute Gasteiger partial charge is 0.477 e. The van der Waals surface area contributed by atoms with Crippen molar-refractivity contribution in [3.05, 3.63) is 48.9 Å². The smallest absolute Gasteiger partial charge is 0.475 e. The van der Waals surface area contributed by atoms with Crippen molar-refractivity contribution in [2.24, 2.45) is 0 Å². The van der Waals surface area contributed by atoms with Crippen LogP contribution < -0.4 is 4.74 Å². The highest BCUT2D eigenvalue weighted by Crippen LogP contribution is 2.40. The monoisotopic (exact) mass is 471 g/mol. The van der Waals surface area contributed by atoms with Crippen LogP contribution >= 0.6 is 11.6 Å². The van der Waals surface area contributed by atoms with E-state index in [1.165, 1.54) is 19.1 Å². The Hall–Kier alpha value is -3.29. The second-order valence-electron chi connectivity index (χ2n) is 6.03. The molecule has 0 bridgehead atoms. The van der Waals surface area contributed by atoms with Crippen LogP contribution in [0.5, 0.6) is 5.75 Å². The Kier molecular flexibility index (Phi) is 7.49. The molecule has 170 valence electrons. The molecule has 15 heteroatoms. The van der Waals surface area contributed by atoms with Crippen LogP contribution in [0.2, 0.25) is 5.02 Å². The van der Waals surface area contributed by atoms with Crippen LogP contribution in [0.15, 0.2) is 17.7 Å². The average Bonchev–Trinajstić information content (AvgIpc) is 2.67. The molecule has 1 aromatic carbocycles. The van der Waals surface area contributed by atoms with Crippen LogP contribution in [0.3, 0.4) is 0 Å². The van der Waals surface area contributed by atoms with Crippen molar-refractivity contribution in [3.63, 3.8) is 0 Å². The molecular weight excluding hydrogens is 457 g/mol. The number of benzene rings is 1. The Bertz CT molecular complexity index is 907. The summed E-state index contributed by atoms with van der Waals surface area (Å²) in [4.78, 5) is 46.5. The number of aryl methyl sites for hydroxylation is 1. The fourth-order valence-electron chi connectivity index (χ4n) is 2.53. The maximum Gasteiger partial charge on any atom is 0.477 e. The molecule has 1 aliphatic heterocycles. The quantitative estimate of drug-likeness (QED) is 0.303. The van der Waals surface area contributed by atoms with Crippen molar-refractivity contribution in [3.8, 4) is 5.75 Å². The first-order chi connectivity index (χ1) is 14.4. The second kappa shape index (κ2) is 9.68. The highest BCUT2D eigenvalue weighted by molar-refractivity contribution is 6.30. The van der Waals surface area contributed by atoms with Crippen molar-refractivity contribution < 1.29 is 52.1 Å². The number of fused-ring (bicyclic) bond motifs is 1. The molecule has 0 aromatic heterocycles. The SMILES string of the molecule is CO[N+](=O)OCC(CO[N+](=O)[O-])OC(=O)C1=Cc2cc(Cl)cc(C)c2OC1C(F)(F)F. The Balaban J connectivity index is 2.33. The number of alkyl halides is 3. The minimum absolute atomic E-state index is 0.0944. The molecule has 1 aromatic rings. The molecule has 11 nitrogen and oxygen atoms in total. The topological polar surface area (TPSA) is 126 Å². The van der Waals surface area contributed by atoms with Gasteiger partial charge in [0.15, 0.2) is 13.2 Å². The summed E-state index contributed by atoms with van der Waals surface area (Å²) in [5.41, 5.74) is -0.545. The summed E-state index contributed by atoms with van der Waals surface area (Å²) in [6.45, 7) is -0.270. The van der Waals surface area contributed by atoms with E-state index >= 15 is 0 Å². The van der Waals surface area contributed by atoms with E-state index in [2.05, 4.69) is 14.5 Å². The van der Waals surface area contributed by atoms with E-state index < -0.39 is 53.3 Å². The van der Waals surface area contributed by atoms with Crippen molar-refractivity contribution >= 4 is 23.6 Å². The highest BCUT2D eigenvalue weighted by atomic mass is 35.5. The predicted octanol–water partition coefficient (Wildman–Crippen LogP) is 2.75. The van der Waals surface area contributed by atoms with Crippen LogP contribution in [0.4, 0.5) is 13.2 Å². The Morgan fingerprint density at radius 3 is 2.52 bits per heavy atom. The molecule has 2 atom stereocenters. The van der Waals surface area contributed by atoms with Crippen molar-refractivity contribution in [2.75, 3.05) is 20.3 Å². The third-order valence-electron chi connectivity index (χ3n) is 3.78. The Morgan fingerprint density at radius 2 is 1.94 bits per heavy atom. The van der Waals surface area contributed by atoms with E-state index in [1.54, 1.807) is 0 Å². The fraction of sp³-hybridized carbons (Fsp3) is 0.438. The van der Waals surface area contributed by atoms with Crippen molar-refractivity contribution in [2.45, 2.75) is 25.3 Å². The van der Waals surface area contributed by atoms with Crippen molar-refractivity contribution in [1.29, 1.82) is 0 Å². The first kappa shape index (κ1) is 24.0.